The molecule has 7 heteroatoms. The van der Waals surface area contributed by atoms with E-state index in [1.54, 1.807) is 29.7 Å². The van der Waals surface area contributed by atoms with E-state index in [0.717, 1.165) is 41.5 Å². The molecule has 5 nitrogen and oxygen atoms in total. The Bertz CT molecular complexity index is 1120. The van der Waals surface area contributed by atoms with Crippen LogP contribution in [0.5, 0.6) is 0 Å². The van der Waals surface area contributed by atoms with E-state index < -0.39 is 0 Å². The first-order valence-electron chi connectivity index (χ1n) is 9.73. The van der Waals surface area contributed by atoms with E-state index in [4.69, 9.17) is 9.40 Å². The largest absolute Gasteiger partial charge is 0.440 e. The van der Waals surface area contributed by atoms with Crippen LogP contribution in [0.1, 0.15) is 36.2 Å². The molecule has 0 saturated carbocycles. The monoisotopic (exact) mass is 408 g/mol. The van der Waals surface area contributed by atoms with Gasteiger partial charge in [0.2, 0.25) is 5.89 Å². The van der Waals surface area contributed by atoms with E-state index in [1.165, 1.54) is 6.07 Å². The first-order valence-corrected chi connectivity index (χ1v) is 10.6. The van der Waals surface area contributed by atoms with Crippen LogP contribution < -0.4 is 0 Å². The number of aryl methyl sites for hydroxylation is 1. The van der Waals surface area contributed by atoms with Crippen molar-refractivity contribution < 1.29 is 8.81 Å². The summed E-state index contributed by atoms with van der Waals surface area (Å²) in [5, 5.41) is 2.02. The number of hydrogen-bond donors (Lipinski definition) is 1. The maximum absolute atomic E-state index is 14.1. The summed E-state index contributed by atoms with van der Waals surface area (Å²) in [6.07, 6.45) is 3.83. The lowest BCUT2D eigenvalue weighted by atomic mass is 10.1. The highest BCUT2D eigenvalue weighted by Gasteiger charge is 2.30. The van der Waals surface area contributed by atoms with Gasteiger partial charge >= 0.3 is 0 Å². The van der Waals surface area contributed by atoms with Gasteiger partial charge in [-0.2, -0.15) is 0 Å². The van der Waals surface area contributed by atoms with E-state index in [-0.39, 0.29) is 11.9 Å². The molecular formula is C22H21FN4OS. The third-order valence-electron chi connectivity index (χ3n) is 5.42. The number of rotatable bonds is 5. The van der Waals surface area contributed by atoms with Crippen LogP contribution in [0.25, 0.3) is 22.0 Å². The summed E-state index contributed by atoms with van der Waals surface area (Å²) in [7, 11) is 0. The molecule has 0 unspecified atom stereocenters. The van der Waals surface area contributed by atoms with Gasteiger partial charge in [0.25, 0.3) is 0 Å². The number of aromatic nitrogens is 3. The molecule has 148 valence electrons. The number of benzene rings is 1. The summed E-state index contributed by atoms with van der Waals surface area (Å²) in [6, 6.07) is 10.9. The SMILES string of the molecule is Cc1oc(-c2cccs2)nc1CN1CCC[C@@H]1c1ncc(-c2ccccc2F)[nH]1. The summed E-state index contributed by atoms with van der Waals surface area (Å²) in [5.41, 5.74) is 2.22. The molecule has 0 spiro atoms. The highest BCUT2D eigenvalue weighted by Crippen LogP contribution is 2.34. The summed E-state index contributed by atoms with van der Waals surface area (Å²) < 4.78 is 20.0. The minimum atomic E-state index is -0.245. The molecule has 1 atom stereocenters. The Balaban J connectivity index is 1.37. The van der Waals surface area contributed by atoms with Crippen LogP contribution in [-0.2, 0) is 6.54 Å². The van der Waals surface area contributed by atoms with Crippen LogP contribution in [0.15, 0.2) is 52.4 Å². The fourth-order valence-corrected chi connectivity index (χ4v) is 4.57. The van der Waals surface area contributed by atoms with Crippen molar-refractivity contribution in [2.45, 2.75) is 32.4 Å². The molecule has 0 radical (unpaired) electrons. The second kappa shape index (κ2) is 7.57. The number of nitrogens with one attached hydrogen (secondary N) is 1. The molecule has 0 aliphatic carbocycles. The van der Waals surface area contributed by atoms with Crippen molar-refractivity contribution in [3.63, 3.8) is 0 Å². The maximum atomic E-state index is 14.1. The second-order valence-electron chi connectivity index (χ2n) is 7.29. The highest BCUT2D eigenvalue weighted by molar-refractivity contribution is 7.13. The van der Waals surface area contributed by atoms with Gasteiger partial charge in [-0.25, -0.2) is 14.4 Å². The summed E-state index contributed by atoms with van der Waals surface area (Å²) in [5.74, 6) is 2.17. The molecule has 1 aliphatic rings. The second-order valence-corrected chi connectivity index (χ2v) is 8.24. The van der Waals surface area contributed by atoms with Gasteiger partial charge in [-0.05, 0) is 49.9 Å². The lowest BCUT2D eigenvalue weighted by molar-refractivity contribution is 0.237. The average molecular weight is 409 g/mol. The van der Waals surface area contributed by atoms with Gasteiger partial charge in [-0.15, -0.1) is 11.3 Å². The molecule has 0 amide bonds. The maximum Gasteiger partial charge on any atom is 0.236 e. The topological polar surface area (TPSA) is 58.0 Å². The van der Waals surface area contributed by atoms with E-state index in [1.807, 2.05) is 30.5 Å². The Morgan fingerprint density at radius 2 is 2.17 bits per heavy atom. The Hall–Kier alpha value is -2.77. The van der Waals surface area contributed by atoms with Gasteiger partial charge in [0.1, 0.15) is 17.4 Å². The van der Waals surface area contributed by atoms with Crippen LogP contribution in [0.3, 0.4) is 0 Å². The number of aromatic amines is 1. The minimum Gasteiger partial charge on any atom is -0.440 e. The minimum absolute atomic E-state index is 0.164. The third kappa shape index (κ3) is 3.52. The number of oxazole rings is 1. The zero-order chi connectivity index (χ0) is 19.8. The molecule has 0 bridgehead atoms. The molecule has 4 heterocycles. The van der Waals surface area contributed by atoms with E-state index in [2.05, 4.69) is 14.9 Å². The van der Waals surface area contributed by atoms with Crippen LogP contribution in [0.4, 0.5) is 4.39 Å². The lowest BCUT2D eigenvalue weighted by Gasteiger charge is -2.21. The van der Waals surface area contributed by atoms with Crippen molar-refractivity contribution >= 4 is 11.3 Å². The molecule has 1 aromatic carbocycles. The quantitative estimate of drug-likeness (QED) is 0.468. The summed E-state index contributed by atoms with van der Waals surface area (Å²) >= 11 is 1.62. The highest BCUT2D eigenvalue weighted by atomic mass is 32.1. The normalized spacial score (nSPS) is 17.2. The number of H-pyrrole nitrogens is 1. The first kappa shape index (κ1) is 18.3. The van der Waals surface area contributed by atoms with Gasteiger partial charge < -0.3 is 9.40 Å². The van der Waals surface area contributed by atoms with Crippen LogP contribution >= 0.6 is 11.3 Å². The molecule has 1 aliphatic heterocycles. The molecule has 5 rings (SSSR count). The van der Waals surface area contributed by atoms with E-state index in [0.29, 0.717) is 23.7 Å². The lowest BCUT2D eigenvalue weighted by Crippen LogP contribution is -2.24. The van der Waals surface area contributed by atoms with Crippen molar-refractivity contribution in [2.75, 3.05) is 6.54 Å². The molecular weight excluding hydrogens is 387 g/mol. The number of likely N-dealkylation sites (tertiary alicyclic amines) is 1. The van der Waals surface area contributed by atoms with Crippen molar-refractivity contribution in [1.82, 2.24) is 19.9 Å². The van der Waals surface area contributed by atoms with Gasteiger partial charge in [-0.1, -0.05) is 18.2 Å². The van der Waals surface area contributed by atoms with Crippen molar-refractivity contribution in [3.8, 4) is 22.0 Å². The van der Waals surface area contributed by atoms with Crippen molar-refractivity contribution in [1.29, 1.82) is 0 Å². The molecule has 29 heavy (non-hydrogen) atoms. The number of thiophene rings is 1. The van der Waals surface area contributed by atoms with Gasteiger partial charge in [0.15, 0.2) is 0 Å². The van der Waals surface area contributed by atoms with Crippen molar-refractivity contribution in [3.05, 3.63) is 71.1 Å². The zero-order valence-electron chi connectivity index (χ0n) is 16.1. The Kier molecular flexibility index (Phi) is 4.77. The Morgan fingerprint density at radius 3 is 3.00 bits per heavy atom. The average Bonchev–Trinajstić information content (AvgIpc) is 3.50. The third-order valence-corrected chi connectivity index (χ3v) is 6.27. The van der Waals surface area contributed by atoms with Gasteiger partial charge in [-0.3, -0.25) is 4.90 Å². The fourth-order valence-electron chi connectivity index (χ4n) is 3.92. The molecule has 3 aromatic heterocycles. The number of halogens is 1. The summed E-state index contributed by atoms with van der Waals surface area (Å²) in [4.78, 5) is 16.0. The standard InChI is InChI=1S/C22H21FN4OS/c1-14-18(26-22(28-14)20-9-5-11-29-20)13-27-10-4-8-19(27)21-24-12-17(25-21)15-6-2-3-7-16(15)23/h2-3,5-7,9,11-12,19H,4,8,10,13H2,1H3,(H,24,25)/t19-/m1/s1. The molecule has 1 fully saturated rings. The smallest absolute Gasteiger partial charge is 0.236 e. The number of imidazole rings is 1. The zero-order valence-corrected chi connectivity index (χ0v) is 16.9. The Morgan fingerprint density at radius 1 is 1.28 bits per heavy atom. The summed E-state index contributed by atoms with van der Waals surface area (Å²) in [6.45, 7) is 3.65. The van der Waals surface area contributed by atoms with Crippen LogP contribution in [0, 0.1) is 12.7 Å². The first-order chi connectivity index (χ1) is 14.2. The van der Waals surface area contributed by atoms with Gasteiger partial charge in [0, 0.05) is 12.1 Å². The van der Waals surface area contributed by atoms with Crippen LogP contribution in [0.2, 0.25) is 0 Å². The predicted molar refractivity (Wildman–Crippen MR) is 111 cm³/mol. The molecule has 1 saturated heterocycles. The predicted octanol–water partition coefficient (Wildman–Crippen LogP) is 5.58. The number of hydrogen-bond acceptors (Lipinski definition) is 5. The van der Waals surface area contributed by atoms with E-state index in [9.17, 15) is 4.39 Å². The van der Waals surface area contributed by atoms with Gasteiger partial charge in [0.05, 0.1) is 28.5 Å². The van der Waals surface area contributed by atoms with E-state index >= 15 is 0 Å². The molecule has 1 N–H and O–H groups in total. The Labute approximate surface area is 172 Å². The van der Waals surface area contributed by atoms with Crippen LogP contribution in [-0.4, -0.2) is 26.4 Å². The fraction of sp³-hybridized carbons (Fsp3) is 0.273. The molecule has 4 aromatic rings. The van der Waals surface area contributed by atoms with Crippen molar-refractivity contribution in [2.24, 2.45) is 0 Å². The number of nitrogens with zero attached hydrogens (tertiary/aromatic N) is 3.